The smallest absolute Gasteiger partial charge is 0.271 e. The molecule has 1 aromatic heterocycles. The zero-order chi connectivity index (χ0) is 17.4. The Labute approximate surface area is 143 Å². The quantitative estimate of drug-likeness (QED) is 0.727. The van der Waals surface area contributed by atoms with Crippen molar-refractivity contribution in [1.29, 1.82) is 0 Å². The van der Waals surface area contributed by atoms with E-state index in [9.17, 15) is 4.79 Å². The van der Waals surface area contributed by atoms with Crippen molar-refractivity contribution in [2.75, 3.05) is 32.5 Å². The van der Waals surface area contributed by atoms with Crippen LogP contribution in [0.25, 0.3) is 0 Å². The molecule has 6 heteroatoms. The van der Waals surface area contributed by atoms with Crippen molar-refractivity contribution in [3.05, 3.63) is 53.5 Å². The maximum absolute atomic E-state index is 12.1. The zero-order valence-corrected chi connectivity index (χ0v) is 14.5. The van der Waals surface area contributed by atoms with Crippen molar-refractivity contribution < 1.29 is 4.79 Å². The molecule has 0 unspecified atom stereocenters. The van der Waals surface area contributed by atoms with Crippen LogP contribution in [0.1, 0.15) is 28.0 Å². The second-order valence-electron chi connectivity index (χ2n) is 6.04. The Morgan fingerprint density at radius 2 is 1.88 bits per heavy atom. The van der Waals surface area contributed by atoms with Crippen molar-refractivity contribution in [3.63, 3.8) is 0 Å². The van der Waals surface area contributed by atoms with Crippen LogP contribution in [-0.4, -0.2) is 48.0 Å². The van der Waals surface area contributed by atoms with Gasteiger partial charge in [-0.05, 0) is 39.5 Å². The lowest BCUT2D eigenvalue weighted by atomic mass is 10.1. The van der Waals surface area contributed by atoms with Crippen LogP contribution in [0.2, 0.25) is 0 Å². The molecule has 0 bridgehead atoms. The standard InChI is InChI=1S/C18H25N5O/c1-14-5-7-15(8-6-14)11-22-18(24)16-12-21-17(13-20-16)19-9-4-10-23(2)3/h5-8,12-13H,4,9-11H2,1-3H3,(H,19,21)(H,22,24). The summed E-state index contributed by atoms with van der Waals surface area (Å²) in [6, 6.07) is 8.06. The maximum Gasteiger partial charge on any atom is 0.271 e. The summed E-state index contributed by atoms with van der Waals surface area (Å²) in [4.78, 5) is 22.6. The van der Waals surface area contributed by atoms with E-state index in [0.29, 0.717) is 18.1 Å². The van der Waals surface area contributed by atoms with E-state index in [4.69, 9.17) is 0 Å². The predicted octanol–water partition coefficient (Wildman–Crippen LogP) is 2.08. The molecular formula is C18H25N5O. The molecule has 6 nitrogen and oxygen atoms in total. The number of carbonyl (C=O) groups is 1. The van der Waals surface area contributed by atoms with E-state index in [0.717, 1.165) is 25.1 Å². The van der Waals surface area contributed by atoms with Gasteiger partial charge in [-0.3, -0.25) is 4.79 Å². The Kier molecular flexibility index (Phi) is 6.69. The Balaban J connectivity index is 1.79. The number of amides is 1. The van der Waals surface area contributed by atoms with E-state index in [1.54, 1.807) is 6.20 Å². The number of anilines is 1. The third-order valence-electron chi connectivity index (χ3n) is 3.55. The van der Waals surface area contributed by atoms with Crippen LogP contribution >= 0.6 is 0 Å². The molecule has 0 aliphatic heterocycles. The lowest BCUT2D eigenvalue weighted by Crippen LogP contribution is -2.24. The SMILES string of the molecule is Cc1ccc(CNC(=O)c2cnc(NCCCN(C)C)cn2)cc1. The van der Waals surface area contributed by atoms with Gasteiger partial charge in [0.1, 0.15) is 11.5 Å². The van der Waals surface area contributed by atoms with Crippen molar-refractivity contribution in [2.24, 2.45) is 0 Å². The number of aromatic nitrogens is 2. The number of rotatable bonds is 8. The van der Waals surface area contributed by atoms with Crippen molar-refractivity contribution >= 4 is 11.7 Å². The van der Waals surface area contributed by atoms with Crippen molar-refractivity contribution in [2.45, 2.75) is 19.9 Å². The van der Waals surface area contributed by atoms with Gasteiger partial charge in [-0.1, -0.05) is 29.8 Å². The molecular weight excluding hydrogens is 302 g/mol. The van der Waals surface area contributed by atoms with Crippen molar-refractivity contribution in [3.8, 4) is 0 Å². The molecule has 0 fully saturated rings. The van der Waals surface area contributed by atoms with Gasteiger partial charge in [0.05, 0.1) is 12.4 Å². The Morgan fingerprint density at radius 1 is 1.12 bits per heavy atom. The molecule has 1 aromatic carbocycles. The lowest BCUT2D eigenvalue weighted by molar-refractivity contribution is 0.0945. The maximum atomic E-state index is 12.1. The number of hydrogen-bond acceptors (Lipinski definition) is 5. The molecule has 0 spiro atoms. The number of nitrogens with zero attached hydrogens (tertiary/aromatic N) is 3. The molecule has 1 amide bonds. The van der Waals surface area contributed by atoms with Gasteiger partial charge in [0.25, 0.3) is 5.91 Å². The lowest BCUT2D eigenvalue weighted by Gasteiger charge is -2.10. The summed E-state index contributed by atoms with van der Waals surface area (Å²) in [5, 5.41) is 6.05. The monoisotopic (exact) mass is 327 g/mol. The van der Waals surface area contributed by atoms with Gasteiger partial charge >= 0.3 is 0 Å². The molecule has 2 aromatic rings. The van der Waals surface area contributed by atoms with E-state index in [1.807, 2.05) is 45.3 Å². The van der Waals surface area contributed by atoms with Crippen LogP contribution in [0.15, 0.2) is 36.7 Å². The highest BCUT2D eigenvalue weighted by Crippen LogP contribution is 2.04. The molecule has 24 heavy (non-hydrogen) atoms. The van der Waals surface area contributed by atoms with E-state index in [1.165, 1.54) is 11.8 Å². The minimum absolute atomic E-state index is 0.220. The zero-order valence-electron chi connectivity index (χ0n) is 14.5. The molecule has 0 radical (unpaired) electrons. The van der Waals surface area contributed by atoms with Gasteiger partial charge in [-0.2, -0.15) is 0 Å². The fraction of sp³-hybridized carbons (Fsp3) is 0.389. The average molecular weight is 327 g/mol. The van der Waals surface area contributed by atoms with Gasteiger partial charge in [0.15, 0.2) is 0 Å². The van der Waals surface area contributed by atoms with E-state index >= 15 is 0 Å². The minimum Gasteiger partial charge on any atom is -0.369 e. The summed E-state index contributed by atoms with van der Waals surface area (Å²) in [7, 11) is 4.09. The first-order chi connectivity index (χ1) is 11.5. The highest BCUT2D eigenvalue weighted by Gasteiger charge is 2.07. The number of aryl methyl sites for hydroxylation is 1. The molecule has 0 saturated carbocycles. The Bertz CT molecular complexity index is 637. The summed E-state index contributed by atoms with van der Waals surface area (Å²) in [5.74, 6) is 0.464. The first-order valence-corrected chi connectivity index (χ1v) is 8.09. The molecule has 0 saturated heterocycles. The third-order valence-corrected chi connectivity index (χ3v) is 3.55. The number of nitrogens with one attached hydrogen (secondary N) is 2. The van der Waals surface area contributed by atoms with Gasteiger partial charge in [-0.15, -0.1) is 0 Å². The van der Waals surface area contributed by atoms with Gasteiger partial charge in [0, 0.05) is 13.1 Å². The topological polar surface area (TPSA) is 70.2 Å². The summed E-state index contributed by atoms with van der Waals surface area (Å²) < 4.78 is 0. The second-order valence-corrected chi connectivity index (χ2v) is 6.04. The predicted molar refractivity (Wildman–Crippen MR) is 96.0 cm³/mol. The van der Waals surface area contributed by atoms with Crippen LogP contribution in [0.4, 0.5) is 5.82 Å². The third kappa shape index (κ3) is 5.96. The Hall–Kier alpha value is -2.47. The number of carbonyl (C=O) groups excluding carboxylic acids is 1. The van der Waals surface area contributed by atoms with Crippen LogP contribution in [-0.2, 0) is 6.54 Å². The summed E-state index contributed by atoms with van der Waals surface area (Å²) in [6.07, 6.45) is 4.11. The van der Waals surface area contributed by atoms with Gasteiger partial charge in [-0.25, -0.2) is 9.97 Å². The van der Waals surface area contributed by atoms with Crippen LogP contribution in [0, 0.1) is 6.92 Å². The fourth-order valence-corrected chi connectivity index (χ4v) is 2.13. The largest absolute Gasteiger partial charge is 0.369 e. The molecule has 1 heterocycles. The number of hydrogen-bond donors (Lipinski definition) is 2. The van der Waals surface area contributed by atoms with E-state index < -0.39 is 0 Å². The van der Waals surface area contributed by atoms with Gasteiger partial charge in [0.2, 0.25) is 0 Å². The number of benzene rings is 1. The normalized spacial score (nSPS) is 10.7. The highest BCUT2D eigenvalue weighted by molar-refractivity contribution is 5.91. The minimum atomic E-state index is -0.220. The van der Waals surface area contributed by atoms with Gasteiger partial charge < -0.3 is 15.5 Å². The molecule has 0 aliphatic carbocycles. The summed E-state index contributed by atoms with van der Waals surface area (Å²) in [6.45, 7) is 4.35. The highest BCUT2D eigenvalue weighted by atomic mass is 16.1. The molecule has 128 valence electrons. The Morgan fingerprint density at radius 3 is 2.50 bits per heavy atom. The van der Waals surface area contributed by atoms with Crippen LogP contribution < -0.4 is 10.6 Å². The van der Waals surface area contributed by atoms with E-state index in [2.05, 4.69) is 25.5 Å². The first-order valence-electron chi connectivity index (χ1n) is 8.09. The summed E-state index contributed by atoms with van der Waals surface area (Å²) in [5.41, 5.74) is 2.58. The average Bonchev–Trinajstić information content (AvgIpc) is 2.58. The molecule has 2 rings (SSSR count). The first kappa shape index (κ1) is 17.9. The molecule has 0 atom stereocenters. The van der Waals surface area contributed by atoms with E-state index in [-0.39, 0.29) is 5.91 Å². The fourth-order valence-electron chi connectivity index (χ4n) is 2.13. The molecule has 2 N–H and O–H groups in total. The second kappa shape index (κ2) is 8.98. The van der Waals surface area contributed by atoms with Crippen molar-refractivity contribution in [1.82, 2.24) is 20.2 Å². The summed E-state index contributed by atoms with van der Waals surface area (Å²) >= 11 is 0. The van der Waals surface area contributed by atoms with Crippen LogP contribution in [0.3, 0.4) is 0 Å². The molecule has 0 aliphatic rings. The van der Waals surface area contributed by atoms with Crippen LogP contribution in [0.5, 0.6) is 0 Å².